The lowest BCUT2D eigenvalue weighted by atomic mass is 10.1. The van der Waals surface area contributed by atoms with Crippen LogP contribution in [0.15, 0.2) is 82.8 Å². The number of halogens is 2. The number of aryl methyl sites for hydroxylation is 1. The Morgan fingerprint density at radius 1 is 1.03 bits per heavy atom. The third-order valence-electron chi connectivity index (χ3n) is 4.77. The van der Waals surface area contributed by atoms with Crippen molar-refractivity contribution >= 4 is 45.3 Å². The van der Waals surface area contributed by atoms with E-state index in [0.717, 1.165) is 21.0 Å². The number of carbonyl (C=O) groups excluding carboxylic acids is 1. The van der Waals surface area contributed by atoms with Crippen molar-refractivity contribution in [3.63, 3.8) is 0 Å². The van der Waals surface area contributed by atoms with E-state index in [1.165, 1.54) is 24.4 Å². The minimum atomic E-state index is -4.10. The minimum Gasteiger partial charge on any atom is -0.272 e. The first-order valence-corrected chi connectivity index (χ1v) is 12.3. The van der Waals surface area contributed by atoms with Crippen LogP contribution in [0.1, 0.15) is 16.7 Å². The highest BCUT2D eigenvalue weighted by atomic mass is 35.5. The fourth-order valence-electron chi connectivity index (χ4n) is 3.12. The first-order valence-electron chi connectivity index (χ1n) is 10.1. The maximum absolute atomic E-state index is 13.4. The molecule has 0 fully saturated rings. The summed E-state index contributed by atoms with van der Waals surface area (Å²) in [5.41, 5.74) is 5.20. The van der Waals surface area contributed by atoms with Gasteiger partial charge in [0.25, 0.3) is 5.91 Å². The van der Waals surface area contributed by atoms with Gasteiger partial charge in [-0.15, -0.1) is 0 Å². The van der Waals surface area contributed by atoms with Crippen LogP contribution in [-0.4, -0.2) is 37.9 Å². The van der Waals surface area contributed by atoms with E-state index in [2.05, 4.69) is 10.5 Å². The van der Waals surface area contributed by atoms with Gasteiger partial charge in [0.2, 0.25) is 10.0 Å². The summed E-state index contributed by atoms with van der Waals surface area (Å²) in [6.45, 7) is 1.60. The quantitative estimate of drug-likeness (QED) is 0.339. The summed E-state index contributed by atoms with van der Waals surface area (Å²) >= 11 is 12.2. The molecule has 0 aliphatic heterocycles. The lowest BCUT2D eigenvalue weighted by Crippen LogP contribution is -2.40. The van der Waals surface area contributed by atoms with E-state index < -0.39 is 22.5 Å². The molecule has 3 rings (SSSR count). The minimum absolute atomic E-state index is 0.0296. The monoisotopic (exact) mass is 503 g/mol. The summed E-state index contributed by atoms with van der Waals surface area (Å²) in [4.78, 5) is 12.4. The molecule has 0 heterocycles. The molecule has 172 valence electrons. The van der Waals surface area contributed by atoms with Gasteiger partial charge < -0.3 is 0 Å². The highest BCUT2D eigenvalue weighted by Crippen LogP contribution is 2.28. The molecule has 0 atom stereocenters. The highest BCUT2D eigenvalue weighted by Gasteiger charge is 2.28. The van der Waals surface area contributed by atoms with E-state index in [9.17, 15) is 13.2 Å². The largest absolute Gasteiger partial charge is 0.272 e. The standard InChI is InChI=1S/C24H23Cl2N3O3S/c1-18-6-5-9-20(14-18)16-27-28-24(30)17-29(13-12-19-7-3-2-4-8-19)33(31,32)23-15-21(25)10-11-22(23)26/h2-11,14-16H,12-13,17H2,1H3,(H,28,30)/b27-16-. The lowest BCUT2D eigenvalue weighted by Gasteiger charge is -2.22. The number of hydrogen-bond acceptors (Lipinski definition) is 4. The van der Waals surface area contributed by atoms with Gasteiger partial charge in [-0.25, -0.2) is 13.8 Å². The van der Waals surface area contributed by atoms with Crippen LogP contribution in [0, 0.1) is 6.92 Å². The van der Waals surface area contributed by atoms with E-state index >= 15 is 0 Å². The SMILES string of the molecule is Cc1cccc(/C=N\NC(=O)CN(CCc2ccccc2)S(=O)(=O)c2cc(Cl)ccc2Cl)c1. The van der Waals surface area contributed by atoms with Crippen LogP contribution in [0.25, 0.3) is 0 Å². The second-order valence-electron chi connectivity index (χ2n) is 7.36. The van der Waals surface area contributed by atoms with Crippen molar-refractivity contribution in [3.05, 3.63) is 99.5 Å². The van der Waals surface area contributed by atoms with Crippen LogP contribution in [0.3, 0.4) is 0 Å². The smallest absolute Gasteiger partial charge is 0.255 e. The summed E-state index contributed by atoms with van der Waals surface area (Å²) in [7, 11) is -4.10. The normalized spacial score (nSPS) is 11.8. The van der Waals surface area contributed by atoms with E-state index in [1.54, 1.807) is 0 Å². The van der Waals surface area contributed by atoms with Crippen molar-refractivity contribution in [1.29, 1.82) is 0 Å². The number of rotatable bonds is 9. The van der Waals surface area contributed by atoms with Gasteiger partial charge >= 0.3 is 0 Å². The van der Waals surface area contributed by atoms with Gasteiger partial charge in [-0.2, -0.15) is 9.41 Å². The maximum atomic E-state index is 13.4. The zero-order valence-corrected chi connectivity index (χ0v) is 20.2. The fraction of sp³-hybridized carbons (Fsp3) is 0.167. The number of sulfonamides is 1. The number of amides is 1. The number of hydrazone groups is 1. The number of hydrogen-bond donors (Lipinski definition) is 1. The van der Waals surface area contributed by atoms with Gasteiger partial charge in [-0.3, -0.25) is 4.79 Å². The predicted octanol–water partition coefficient (Wildman–Crippen LogP) is 4.69. The molecule has 1 amide bonds. The molecule has 0 spiro atoms. The second-order valence-corrected chi connectivity index (χ2v) is 10.1. The molecule has 0 saturated heterocycles. The van der Waals surface area contributed by atoms with Gasteiger partial charge in [0.15, 0.2) is 0 Å². The van der Waals surface area contributed by atoms with Crippen molar-refractivity contribution in [2.45, 2.75) is 18.2 Å². The molecule has 3 aromatic carbocycles. The Hall–Kier alpha value is -2.71. The number of nitrogens with one attached hydrogen (secondary N) is 1. The summed E-state index contributed by atoms with van der Waals surface area (Å²) < 4.78 is 27.8. The van der Waals surface area contributed by atoms with Crippen molar-refractivity contribution in [2.75, 3.05) is 13.1 Å². The summed E-state index contributed by atoms with van der Waals surface area (Å²) in [6, 6.07) is 21.2. The summed E-state index contributed by atoms with van der Waals surface area (Å²) in [5, 5.41) is 4.21. The number of carbonyl (C=O) groups is 1. The lowest BCUT2D eigenvalue weighted by molar-refractivity contribution is -0.121. The molecule has 9 heteroatoms. The van der Waals surface area contributed by atoms with Crippen molar-refractivity contribution in [1.82, 2.24) is 9.73 Å². The van der Waals surface area contributed by atoms with Gasteiger partial charge in [0.05, 0.1) is 17.8 Å². The number of nitrogens with zero attached hydrogens (tertiary/aromatic N) is 2. The van der Waals surface area contributed by atoms with Gasteiger partial charge in [0, 0.05) is 11.6 Å². The molecule has 0 bridgehead atoms. The van der Waals surface area contributed by atoms with E-state index in [4.69, 9.17) is 23.2 Å². The molecule has 0 saturated carbocycles. The average Bonchev–Trinajstić information content (AvgIpc) is 2.79. The topological polar surface area (TPSA) is 78.8 Å². The molecule has 6 nitrogen and oxygen atoms in total. The molecule has 1 N–H and O–H groups in total. The van der Waals surface area contributed by atoms with Gasteiger partial charge in [-0.1, -0.05) is 83.4 Å². The van der Waals surface area contributed by atoms with Crippen LogP contribution < -0.4 is 5.43 Å². The molecule has 0 radical (unpaired) electrons. The van der Waals surface area contributed by atoms with E-state index in [1.807, 2.05) is 61.5 Å². The van der Waals surface area contributed by atoms with Gasteiger partial charge in [-0.05, 0) is 42.7 Å². The third-order valence-corrected chi connectivity index (χ3v) is 7.33. The Bertz CT molecular complexity index is 1250. The number of benzene rings is 3. The zero-order chi connectivity index (χ0) is 23.8. The molecule has 0 aliphatic carbocycles. The van der Waals surface area contributed by atoms with Crippen LogP contribution in [0.5, 0.6) is 0 Å². The highest BCUT2D eigenvalue weighted by molar-refractivity contribution is 7.89. The van der Waals surface area contributed by atoms with Crippen LogP contribution >= 0.6 is 23.2 Å². The summed E-state index contributed by atoms with van der Waals surface area (Å²) in [5.74, 6) is -0.575. The Kier molecular flexibility index (Phi) is 8.63. The first-order chi connectivity index (χ1) is 15.8. The van der Waals surface area contributed by atoms with Crippen LogP contribution in [-0.2, 0) is 21.2 Å². The Labute approximate surface area is 203 Å². The zero-order valence-electron chi connectivity index (χ0n) is 17.9. The predicted molar refractivity (Wildman–Crippen MR) is 132 cm³/mol. The molecule has 0 unspecified atom stereocenters. The molecule has 33 heavy (non-hydrogen) atoms. The van der Waals surface area contributed by atoms with E-state index in [0.29, 0.717) is 6.42 Å². The molecular formula is C24H23Cl2N3O3S. The maximum Gasteiger partial charge on any atom is 0.255 e. The van der Waals surface area contributed by atoms with Crippen molar-refractivity contribution in [3.8, 4) is 0 Å². The van der Waals surface area contributed by atoms with Crippen LogP contribution in [0.4, 0.5) is 0 Å². The fourth-order valence-corrected chi connectivity index (χ4v) is 5.26. The summed E-state index contributed by atoms with van der Waals surface area (Å²) in [6.07, 6.45) is 1.92. The van der Waals surface area contributed by atoms with Gasteiger partial charge in [0.1, 0.15) is 4.90 Å². The molecule has 0 aromatic heterocycles. The van der Waals surface area contributed by atoms with E-state index in [-0.39, 0.29) is 21.5 Å². The molecule has 3 aromatic rings. The Morgan fingerprint density at radius 2 is 1.79 bits per heavy atom. The van der Waals surface area contributed by atoms with Crippen molar-refractivity contribution < 1.29 is 13.2 Å². The van der Waals surface area contributed by atoms with Crippen molar-refractivity contribution in [2.24, 2.45) is 5.10 Å². The average molecular weight is 504 g/mol. The Morgan fingerprint density at radius 3 is 2.52 bits per heavy atom. The first kappa shape index (κ1) is 24.9. The Balaban J connectivity index is 1.78. The molecule has 0 aliphatic rings. The third kappa shape index (κ3) is 7.14. The second kappa shape index (κ2) is 11.4. The molecular weight excluding hydrogens is 481 g/mol. The van der Waals surface area contributed by atoms with Crippen LogP contribution in [0.2, 0.25) is 10.0 Å².